The summed E-state index contributed by atoms with van der Waals surface area (Å²) in [6.07, 6.45) is 8.21. The molecule has 1 aromatic heterocycles. The van der Waals surface area contributed by atoms with Crippen molar-refractivity contribution in [3.63, 3.8) is 0 Å². The molecule has 0 unspecified atom stereocenters. The van der Waals surface area contributed by atoms with Gasteiger partial charge in [-0.2, -0.15) is 0 Å². The van der Waals surface area contributed by atoms with Gasteiger partial charge < -0.3 is 15.2 Å². The Bertz CT molecular complexity index is 716. The van der Waals surface area contributed by atoms with Crippen molar-refractivity contribution < 1.29 is 0 Å². The molecule has 2 aliphatic rings. The second-order valence-corrected chi connectivity index (χ2v) is 8.85. The Hall–Kier alpha value is -1.32. The van der Waals surface area contributed by atoms with Gasteiger partial charge in [0.05, 0.1) is 0 Å². The van der Waals surface area contributed by atoms with E-state index in [-0.39, 0.29) is 0 Å². The van der Waals surface area contributed by atoms with Crippen LogP contribution in [-0.2, 0) is 6.54 Å². The third kappa shape index (κ3) is 3.44. The molecule has 1 saturated heterocycles. The molecule has 1 aliphatic carbocycles. The van der Waals surface area contributed by atoms with Gasteiger partial charge >= 0.3 is 0 Å². The van der Waals surface area contributed by atoms with Crippen LogP contribution in [0.2, 0.25) is 0 Å². The molecule has 4 rings (SSSR count). The Kier molecular flexibility index (Phi) is 5.37. The molecule has 3 nitrogen and oxygen atoms in total. The zero-order chi connectivity index (χ0) is 18.1. The molecule has 0 bridgehead atoms. The first-order valence-electron chi connectivity index (χ1n) is 10.7. The van der Waals surface area contributed by atoms with Gasteiger partial charge in [0.1, 0.15) is 0 Å². The van der Waals surface area contributed by atoms with Crippen molar-refractivity contribution >= 4 is 10.9 Å². The van der Waals surface area contributed by atoms with Crippen molar-refractivity contribution in [3.05, 3.63) is 36.0 Å². The Balaban J connectivity index is 1.42. The number of para-hydroxylation sites is 1. The molecule has 0 atom stereocenters. The van der Waals surface area contributed by atoms with Gasteiger partial charge in [-0.15, -0.1) is 0 Å². The number of benzene rings is 1. The molecule has 2 aromatic rings. The van der Waals surface area contributed by atoms with Gasteiger partial charge in [-0.1, -0.05) is 32.0 Å². The third-order valence-corrected chi connectivity index (χ3v) is 7.10. The first-order chi connectivity index (χ1) is 12.7. The Labute approximate surface area is 158 Å². The van der Waals surface area contributed by atoms with E-state index >= 15 is 0 Å². The van der Waals surface area contributed by atoms with Gasteiger partial charge in [0.25, 0.3) is 0 Å². The average molecular weight is 354 g/mol. The number of hydrogen-bond acceptors (Lipinski definition) is 2. The van der Waals surface area contributed by atoms with Crippen molar-refractivity contribution in [2.75, 3.05) is 13.1 Å². The number of hydrogen-bond donors (Lipinski definition) is 1. The maximum atomic E-state index is 6.07. The summed E-state index contributed by atoms with van der Waals surface area (Å²) < 4.78 is 2.54. The molecule has 1 saturated carbocycles. The summed E-state index contributed by atoms with van der Waals surface area (Å²) in [5, 5.41) is 1.34. The van der Waals surface area contributed by atoms with E-state index in [0.717, 1.165) is 17.9 Å². The highest BCUT2D eigenvalue weighted by atomic mass is 15.2. The van der Waals surface area contributed by atoms with Crippen molar-refractivity contribution in [2.45, 2.75) is 71.0 Å². The van der Waals surface area contributed by atoms with Gasteiger partial charge in [0.2, 0.25) is 0 Å². The minimum absolute atomic E-state index is 0.608. The number of nitrogens with two attached hydrogens (primary N) is 1. The van der Waals surface area contributed by atoms with Crippen molar-refractivity contribution in [2.24, 2.45) is 17.6 Å². The lowest BCUT2D eigenvalue weighted by molar-refractivity contribution is 0.0890. The fourth-order valence-corrected chi connectivity index (χ4v) is 5.46. The molecule has 2 heterocycles. The predicted molar refractivity (Wildman–Crippen MR) is 110 cm³/mol. The SMILES string of the molecule is CC(C)C1CCC(N2CCC(n3c(CN)cc4ccccc43)CC2)CC1. The summed E-state index contributed by atoms with van der Waals surface area (Å²) >= 11 is 0. The number of piperidine rings is 1. The van der Waals surface area contributed by atoms with Crippen LogP contribution < -0.4 is 5.73 Å². The maximum Gasteiger partial charge on any atom is 0.0485 e. The summed E-state index contributed by atoms with van der Waals surface area (Å²) in [6.45, 7) is 7.92. The van der Waals surface area contributed by atoms with Crippen LogP contribution in [-0.4, -0.2) is 28.6 Å². The van der Waals surface area contributed by atoms with E-state index in [1.807, 2.05) is 0 Å². The highest BCUT2D eigenvalue weighted by Crippen LogP contribution is 2.36. The topological polar surface area (TPSA) is 34.2 Å². The Morgan fingerprint density at radius 1 is 0.962 bits per heavy atom. The van der Waals surface area contributed by atoms with Crippen LogP contribution in [0, 0.1) is 11.8 Å². The van der Waals surface area contributed by atoms with Crippen LogP contribution in [0.1, 0.15) is 64.1 Å². The van der Waals surface area contributed by atoms with Crippen LogP contribution in [0.5, 0.6) is 0 Å². The van der Waals surface area contributed by atoms with Gasteiger partial charge in [-0.3, -0.25) is 0 Å². The number of fused-ring (bicyclic) bond motifs is 1. The van der Waals surface area contributed by atoms with E-state index in [9.17, 15) is 0 Å². The van der Waals surface area contributed by atoms with E-state index in [2.05, 4.69) is 53.6 Å². The van der Waals surface area contributed by atoms with Crippen molar-refractivity contribution in [1.82, 2.24) is 9.47 Å². The molecule has 3 heteroatoms. The monoisotopic (exact) mass is 353 g/mol. The van der Waals surface area contributed by atoms with Crippen LogP contribution in [0.3, 0.4) is 0 Å². The predicted octanol–water partition coefficient (Wildman–Crippen LogP) is 4.95. The van der Waals surface area contributed by atoms with E-state index in [4.69, 9.17) is 5.73 Å². The molecule has 0 spiro atoms. The van der Waals surface area contributed by atoms with Gasteiger partial charge in [-0.25, -0.2) is 0 Å². The van der Waals surface area contributed by atoms with Crippen LogP contribution in [0.15, 0.2) is 30.3 Å². The standard InChI is InChI=1S/C23H35N3/c1-17(2)18-7-9-20(10-8-18)25-13-11-21(12-14-25)26-22(16-24)15-19-5-3-4-6-23(19)26/h3-6,15,17-18,20-21H,7-14,16,24H2,1-2H3. The maximum absolute atomic E-state index is 6.07. The summed E-state index contributed by atoms with van der Waals surface area (Å²) in [5.74, 6) is 1.82. The normalized spacial score (nSPS) is 26.0. The lowest BCUT2D eigenvalue weighted by atomic mass is 9.79. The summed E-state index contributed by atoms with van der Waals surface area (Å²) in [5.41, 5.74) is 8.73. The molecule has 2 fully saturated rings. The fourth-order valence-electron chi connectivity index (χ4n) is 5.46. The smallest absolute Gasteiger partial charge is 0.0485 e. The number of likely N-dealkylation sites (tertiary alicyclic amines) is 1. The van der Waals surface area contributed by atoms with Crippen molar-refractivity contribution in [1.29, 1.82) is 0 Å². The summed E-state index contributed by atoms with van der Waals surface area (Å²) in [4.78, 5) is 2.79. The second-order valence-electron chi connectivity index (χ2n) is 8.85. The zero-order valence-electron chi connectivity index (χ0n) is 16.5. The van der Waals surface area contributed by atoms with Gasteiger partial charge in [-0.05, 0) is 67.9 Å². The molecule has 1 aromatic carbocycles. The molecule has 142 valence electrons. The Morgan fingerprint density at radius 2 is 1.65 bits per heavy atom. The molecule has 0 radical (unpaired) electrons. The molecular formula is C23H35N3. The highest BCUT2D eigenvalue weighted by Gasteiger charge is 2.30. The lowest BCUT2D eigenvalue weighted by Gasteiger charge is -2.42. The minimum Gasteiger partial charge on any atom is -0.340 e. The first-order valence-corrected chi connectivity index (χ1v) is 10.7. The minimum atomic E-state index is 0.608. The van der Waals surface area contributed by atoms with Gasteiger partial charge in [0.15, 0.2) is 0 Å². The molecular weight excluding hydrogens is 318 g/mol. The van der Waals surface area contributed by atoms with Gasteiger partial charge in [0, 0.05) is 42.9 Å². The first kappa shape index (κ1) is 18.1. The average Bonchev–Trinajstić information content (AvgIpc) is 3.07. The number of aromatic nitrogens is 1. The van der Waals surface area contributed by atoms with Crippen LogP contribution >= 0.6 is 0 Å². The van der Waals surface area contributed by atoms with E-state index < -0.39 is 0 Å². The van der Waals surface area contributed by atoms with Crippen LogP contribution in [0.4, 0.5) is 0 Å². The van der Waals surface area contributed by atoms with Crippen molar-refractivity contribution in [3.8, 4) is 0 Å². The lowest BCUT2D eigenvalue weighted by Crippen LogP contribution is -2.44. The number of rotatable bonds is 4. The summed E-state index contributed by atoms with van der Waals surface area (Å²) in [6, 6.07) is 12.5. The Morgan fingerprint density at radius 3 is 2.31 bits per heavy atom. The largest absolute Gasteiger partial charge is 0.340 e. The van der Waals surface area contributed by atoms with E-state index in [0.29, 0.717) is 12.6 Å². The molecule has 1 aliphatic heterocycles. The zero-order valence-corrected chi connectivity index (χ0v) is 16.5. The quantitative estimate of drug-likeness (QED) is 0.843. The second kappa shape index (κ2) is 7.74. The molecule has 0 amide bonds. The molecule has 2 N–H and O–H groups in total. The summed E-state index contributed by atoms with van der Waals surface area (Å²) in [7, 11) is 0. The highest BCUT2D eigenvalue weighted by molar-refractivity contribution is 5.81. The van der Waals surface area contributed by atoms with E-state index in [1.54, 1.807) is 0 Å². The molecule has 26 heavy (non-hydrogen) atoms. The third-order valence-electron chi connectivity index (χ3n) is 7.10. The fraction of sp³-hybridized carbons (Fsp3) is 0.652. The van der Waals surface area contributed by atoms with E-state index in [1.165, 1.54) is 68.2 Å². The number of nitrogens with zero attached hydrogens (tertiary/aromatic N) is 2. The van der Waals surface area contributed by atoms with Crippen LogP contribution in [0.25, 0.3) is 10.9 Å².